The van der Waals surface area contributed by atoms with E-state index in [2.05, 4.69) is 16.7 Å². The average molecular weight is 279 g/mol. The first-order valence-electron chi connectivity index (χ1n) is 5.68. The van der Waals surface area contributed by atoms with Gasteiger partial charge >= 0.3 is 5.69 Å². The molecule has 9 heteroatoms. The van der Waals surface area contributed by atoms with Crippen LogP contribution in [0, 0.1) is 17.2 Å². The number of aliphatic imine (C=N–C) groups is 1. The maximum atomic E-state index is 11.8. The Morgan fingerprint density at radius 3 is 2.95 bits per heavy atom. The van der Waals surface area contributed by atoms with Gasteiger partial charge in [-0.15, -0.1) is 0 Å². The molecule has 0 aromatic carbocycles. The summed E-state index contributed by atoms with van der Waals surface area (Å²) in [4.78, 5) is 18.8. The van der Waals surface area contributed by atoms with Crippen molar-refractivity contribution in [3.05, 3.63) is 22.7 Å². The lowest BCUT2D eigenvalue weighted by molar-refractivity contribution is -0.122. The third-order valence-corrected chi connectivity index (χ3v) is 3.20. The van der Waals surface area contributed by atoms with Gasteiger partial charge in [-0.2, -0.15) is 10.2 Å². The van der Waals surface area contributed by atoms with Crippen LogP contribution in [0.4, 0.5) is 5.82 Å². The van der Waals surface area contributed by atoms with Crippen LogP contribution in [-0.2, 0) is 4.74 Å². The highest BCUT2D eigenvalue weighted by molar-refractivity contribution is 5.27. The number of anilines is 1. The van der Waals surface area contributed by atoms with Gasteiger partial charge in [-0.1, -0.05) is 0 Å². The number of aliphatic hydroxyl groups excluding tert-OH is 2. The van der Waals surface area contributed by atoms with Crippen LogP contribution in [0.2, 0.25) is 0 Å². The summed E-state index contributed by atoms with van der Waals surface area (Å²) in [6.07, 6.45) is -1.28. The van der Waals surface area contributed by atoms with E-state index in [-0.39, 0.29) is 5.82 Å². The smallest absolute Gasteiger partial charge is 0.351 e. The zero-order valence-corrected chi connectivity index (χ0v) is 10.4. The lowest BCUT2D eigenvalue weighted by Gasteiger charge is -2.24. The molecule has 2 rings (SSSR count). The minimum Gasteiger partial charge on any atom is -0.391 e. The zero-order chi connectivity index (χ0) is 14.9. The van der Waals surface area contributed by atoms with Gasteiger partial charge in [0.05, 0.1) is 12.7 Å². The van der Waals surface area contributed by atoms with Crippen molar-refractivity contribution in [2.45, 2.75) is 18.1 Å². The van der Waals surface area contributed by atoms with Gasteiger partial charge in [0, 0.05) is 6.20 Å². The largest absolute Gasteiger partial charge is 0.391 e. The summed E-state index contributed by atoms with van der Waals surface area (Å²) < 4.78 is 6.41. The molecule has 1 saturated heterocycles. The van der Waals surface area contributed by atoms with E-state index in [1.807, 2.05) is 6.07 Å². The molecule has 1 aromatic rings. The van der Waals surface area contributed by atoms with E-state index < -0.39 is 36.3 Å². The fourth-order valence-electron chi connectivity index (χ4n) is 2.08. The molecule has 0 spiro atoms. The van der Waals surface area contributed by atoms with Gasteiger partial charge in [-0.25, -0.2) is 4.79 Å². The highest BCUT2D eigenvalue weighted by Gasteiger charge is 2.55. The van der Waals surface area contributed by atoms with Crippen LogP contribution in [0.25, 0.3) is 0 Å². The standard InChI is InChI=1S/C11H13N5O4/c1-14-11(5-17)8(18)6(4-12)9(20-11)16-3-2-7(13)15-10(16)19/h2-3,6,8-9,17-18H,1,5H2,(H2,13,15,19)/t6-,8-,9+,11+/m0/s1. The van der Waals surface area contributed by atoms with Crippen LogP contribution in [0.5, 0.6) is 0 Å². The molecule has 106 valence electrons. The van der Waals surface area contributed by atoms with Crippen molar-refractivity contribution in [2.75, 3.05) is 12.3 Å². The van der Waals surface area contributed by atoms with E-state index in [1.54, 1.807) is 0 Å². The topological polar surface area (TPSA) is 147 Å². The Hall–Kier alpha value is -2.28. The van der Waals surface area contributed by atoms with Crippen molar-refractivity contribution < 1.29 is 14.9 Å². The van der Waals surface area contributed by atoms with Crippen LogP contribution in [0.3, 0.4) is 0 Å². The van der Waals surface area contributed by atoms with E-state index in [0.717, 1.165) is 4.57 Å². The van der Waals surface area contributed by atoms with Gasteiger partial charge < -0.3 is 20.7 Å². The molecule has 1 fully saturated rings. The number of nitrogens with two attached hydrogens (primary N) is 1. The molecule has 9 nitrogen and oxygen atoms in total. The molecule has 1 aromatic heterocycles. The molecule has 4 atom stereocenters. The number of rotatable bonds is 3. The number of hydrogen-bond acceptors (Lipinski definition) is 8. The third-order valence-electron chi connectivity index (χ3n) is 3.20. The molecule has 0 radical (unpaired) electrons. The van der Waals surface area contributed by atoms with Crippen LogP contribution in [0.15, 0.2) is 22.1 Å². The Balaban J connectivity index is 2.49. The summed E-state index contributed by atoms with van der Waals surface area (Å²) in [5.74, 6) is -1.09. The monoisotopic (exact) mass is 279 g/mol. The number of nitriles is 1. The molecule has 2 heterocycles. The fourth-order valence-corrected chi connectivity index (χ4v) is 2.08. The quantitative estimate of drug-likeness (QED) is 0.555. The summed E-state index contributed by atoms with van der Waals surface area (Å²) in [7, 11) is 0. The van der Waals surface area contributed by atoms with Crippen molar-refractivity contribution in [1.29, 1.82) is 5.26 Å². The highest BCUT2D eigenvalue weighted by Crippen LogP contribution is 2.41. The predicted molar refractivity (Wildman–Crippen MR) is 67.5 cm³/mol. The third kappa shape index (κ3) is 1.96. The van der Waals surface area contributed by atoms with E-state index in [1.165, 1.54) is 12.3 Å². The number of nitrogens with zero attached hydrogens (tertiary/aromatic N) is 4. The van der Waals surface area contributed by atoms with Gasteiger partial charge in [0.1, 0.15) is 17.8 Å². The van der Waals surface area contributed by atoms with Crippen LogP contribution in [-0.4, -0.2) is 44.9 Å². The first kappa shape index (κ1) is 14.1. The molecule has 0 unspecified atom stereocenters. The Morgan fingerprint density at radius 2 is 2.45 bits per heavy atom. The molecule has 0 aliphatic carbocycles. The Labute approximate surface area is 113 Å². The minimum absolute atomic E-state index is 0.0218. The summed E-state index contributed by atoms with van der Waals surface area (Å²) >= 11 is 0. The molecule has 4 N–H and O–H groups in total. The lowest BCUT2D eigenvalue weighted by Crippen LogP contribution is -2.42. The molecule has 20 heavy (non-hydrogen) atoms. The summed E-state index contributed by atoms with van der Waals surface area (Å²) in [6, 6.07) is 3.19. The normalized spacial score (nSPS) is 32.8. The Bertz CT molecular complexity index is 624. The molecular formula is C11H13N5O4. The van der Waals surface area contributed by atoms with Crippen molar-refractivity contribution >= 4 is 12.5 Å². The number of aliphatic hydroxyl groups is 2. The van der Waals surface area contributed by atoms with Crippen LogP contribution in [0.1, 0.15) is 6.23 Å². The maximum Gasteiger partial charge on any atom is 0.351 e. The van der Waals surface area contributed by atoms with Crippen molar-refractivity contribution in [2.24, 2.45) is 10.9 Å². The summed E-state index contributed by atoms with van der Waals surface area (Å²) in [5.41, 5.74) is 2.90. The second-order valence-corrected chi connectivity index (χ2v) is 4.31. The second-order valence-electron chi connectivity index (χ2n) is 4.31. The number of ether oxygens (including phenoxy) is 1. The zero-order valence-electron chi connectivity index (χ0n) is 10.4. The van der Waals surface area contributed by atoms with Gasteiger partial charge in [0.2, 0.25) is 5.72 Å². The number of hydrogen-bond donors (Lipinski definition) is 3. The molecule has 1 aliphatic heterocycles. The van der Waals surface area contributed by atoms with Gasteiger partial charge in [-0.05, 0) is 12.8 Å². The molecule has 0 saturated carbocycles. The molecule has 0 bridgehead atoms. The van der Waals surface area contributed by atoms with Crippen LogP contribution < -0.4 is 11.4 Å². The average Bonchev–Trinajstić information content (AvgIpc) is 2.71. The lowest BCUT2D eigenvalue weighted by atomic mass is 9.97. The Morgan fingerprint density at radius 1 is 1.75 bits per heavy atom. The van der Waals surface area contributed by atoms with E-state index >= 15 is 0 Å². The first-order valence-corrected chi connectivity index (χ1v) is 5.68. The number of aromatic nitrogens is 2. The first-order chi connectivity index (χ1) is 9.49. The van der Waals surface area contributed by atoms with Gasteiger partial charge in [0.15, 0.2) is 6.23 Å². The fraction of sp³-hybridized carbons (Fsp3) is 0.455. The van der Waals surface area contributed by atoms with Crippen molar-refractivity contribution in [3.63, 3.8) is 0 Å². The van der Waals surface area contributed by atoms with Crippen molar-refractivity contribution in [1.82, 2.24) is 9.55 Å². The maximum absolute atomic E-state index is 11.8. The highest BCUT2D eigenvalue weighted by atomic mass is 16.6. The van der Waals surface area contributed by atoms with E-state index in [4.69, 9.17) is 15.7 Å². The van der Waals surface area contributed by atoms with Gasteiger partial charge in [-0.3, -0.25) is 9.56 Å². The second kappa shape index (κ2) is 5.01. The number of nitrogen functional groups attached to an aromatic ring is 1. The van der Waals surface area contributed by atoms with Gasteiger partial charge in [0.25, 0.3) is 0 Å². The molecular weight excluding hydrogens is 266 g/mol. The van der Waals surface area contributed by atoms with Crippen LogP contribution >= 0.6 is 0 Å². The molecule has 0 amide bonds. The Kier molecular flexibility index (Phi) is 3.54. The van der Waals surface area contributed by atoms with E-state index in [0.29, 0.717) is 0 Å². The SMILES string of the molecule is C=N[C@]1(CO)O[C@@H](n2ccc(N)nc2=O)[C@@H](C#N)[C@@H]1O. The minimum atomic E-state index is -1.74. The van der Waals surface area contributed by atoms with Crippen molar-refractivity contribution in [3.8, 4) is 6.07 Å². The molecule has 1 aliphatic rings. The predicted octanol–water partition coefficient (Wildman–Crippen LogP) is -1.76. The van der Waals surface area contributed by atoms with E-state index in [9.17, 15) is 15.0 Å². The summed E-state index contributed by atoms with van der Waals surface area (Å²) in [6.45, 7) is 2.57. The summed E-state index contributed by atoms with van der Waals surface area (Å²) in [5, 5.41) is 28.5.